The van der Waals surface area contributed by atoms with Gasteiger partial charge in [-0.3, -0.25) is 4.79 Å². The van der Waals surface area contributed by atoms with E-state index < -0.39 is 15.7 Å². The van der Waals surface area contributed by atoms with Crippen LogP contribution in [-0.2, 0) is 16.4 Å². The molecule has 0 unspecified atom stereocenters. The first-order valence-electron chi connectivity index (χ1n) is 9.02. The average Bonchev–Trinajstić information content (AvgIpc) is 3.14. The van der Waals surface area contributed by atoms with Crippen LogP contribution in [0.2, 0.25) is 0 Å². The molecule has 0 atom stereocenters. The number of carbonyl (C=O) groups excluding carboxylic acids is 1. The summed E-state index contributed by atoms with van der Waals surface area (Å²) in [5.74, 6) is 0.142. The van der Waals surface area contributed by atoms with Gasteiger partial charge < -0.3 is 5.32 Å². The summed E-state index contributed by atoms with van der Waals surface area (Å²) >= 11 is 0. The van der Waals surface area contributed by atoms with E-state index in [1.54, 1.807) is 29.1 Å². The second-order valence-electron chi connectivity index (χ2n) is 6.77. The maximum Gasteiger partial charge on any atom is 0.256 e. The minimum absolute atomic E-state index is 0.106. The van der Waals surface area contributed by atoms with Gasteiger partial charge in [0.25, 0.3) is 5.91 Å². The molecule has 0 saturated heterocycles. The van der Waals surface area contributed by atoms with Crippen LogP contribution in [0.3, 0.4) is 0 Å². The fourth-order valence-electron chi connectivity index (χ4n) is 3.21. The van der Waals surface area contributed by atoms with Gasteiger partial charge in [0.2, 0.25) is 0 Å². The predicted molar refractivity (Wildman–Crippen MR) is 113 cm³/mol. The van der Waals surface area contributed by atoms with Gasteiger partial charge in [-0.15, -0.1) is 0 Å². The van der Waals surface area contributed by atoms with Gasteiger partial charge in [0.1, 0.15) is 5.82 Å². The number of anilines is 1. The topological polar surface area (TPSA) is 81.1 Å². The molecule has 7 heteroatoms. The quantitative estimate of drug-likeness (QED) is 0.548. The number of sulfone groups is 1. The molecular formula is C22H19N3O3S. The molecule has 1 N–H and O–H groups in total. The lowest BCUT2D eigenvalue weighted by molar-refractivity contribution is 0.102. The normalized spacial score (nSPS) is 11.5. The molecule has 3 aromatic carbocycles. The lowest BCUT2D eigenvalue weighted by atomic mass is 10.0. The molecule has 0 radical (unpaired) electrons. The number of hydrogen-bond acceptors (Lipinski definition) is 4. The first-order valence-corrected chi connectivity index (χ1v) is 10.9. The molecule has 0 fully saturated rings. The molecule has 6 nitrogen and oxygen atoms in total. The SMILES string of the molecule is CS(=O)(=O)c1cccc(C(=O)Nc2ccnn2Cc2cccc3ccccc23)c1. The zero-order chi connectivity index (χ0) is 20.4. The van der Waals surface area contributed by atoms with Gasteiger partial charge in [-0.1, -0.05) is 48.5 Å². The molecule has 29 heavy (non-hydrogen) atoms. The van der Waals surface area contributed by atoms with Crippen LogP contribution in [0.15, 0.2) is 83.9 Å². The molecule has 146 valence electrons. The molecule has 1 heterocycles. The van der Waals surface area contributed by atoms with Crippen molar-refractivity contribution >= 4 is 32.3 Å². The number of nitrogens with zero attached hydrogens (tertiary/aromatic N) is 2. The number of aromatic nitrogens is 2. The lowest BCUT2D eigenvalue weighted by Gasteiger charge is -2.11. The van der Waals surface area contributed by atoms with Crippen molar-refractivity contribution in [1.82, 2.24) is 9.78 Å². The van der Waals surface area contributed by atoms with Gasteiger partial charge in [-0.05, 0) is 34.5 Å². The minimum Gasteiger partial charge on any atom is -0.307 e. The lowest BCUT2D eigenvalue weighted by Crippen LogP contribution is -2.16. The van der Waals surface area contributed by atoms with E-state index in [9.17, 15) is 13.2 Å². The van der Waals surface area contributed by atoms with Gasteiger partial charge in [0.15, 0.2) is 9.84 Å². The zero-order valence-electron chi connectivity index (χ0n) is 15.7. The van der Waals surface area contributed by atoms with Crippen molar-refractivity contribution in [2.45, 2.75) is 11.4 Å². The summed E-state index contributed by atoms with van der Waals surface area (Å²) in [6.07, 6.45) is 2.73. The summed E-state index contributed by atoms with van der Waals surface area (Å²) in [6.45, 7) is 0.493. The highest BCUT2D eigenvalue weighted by Crippen LogP contribution is 2.21. The van der Waals surface area contributed by atoms with E-state index in [-0.39, 0.29) is 10.5 Å². The Bertz CT molecular complexity index is 1300. The third-order valence-corrected chi connectivity index (χ3v) is 5.79. The molecule has 0 bridgehead atoms. The van der Waals surface area contributed by atoms with Crippen molar-refractivity contribution in [1.29, 1.82) is 0 Å². The number of benzene rings is 3. The third kappa shape index (κ3) is 4.05. The Kier molecular flexibility index (Phi) is 4.90. The van der Waals surface area contributed by atoms with Crippen LogP contribution in [-0.4, -0.2) is 30.4 Å². The third-order valence-electron chi connectivity index (χ3n) is 4.68. The van der Waals surface area contributed by atoms with Crippen LogP contribution in [0.1, 0.15) is 15.9 Å². The van der Waals surface area contributed by atoms with Crippen molar-refractivity contribution in [2.24, 2.45) is 0 Å². The fraction of sp³-hybridized carbons (Fsp3) is 0.0909. The van der Waals surface area contributed by atoms with Crippen molar-refractivity contribution < 1.29 is 13.2 Å². The summed E-state index contributed by atoms with van der Waals surface area (Å²) in [4.78, 5) is 12.8. The van der Waals surface area contributed by atoms with Gasteiger partial charge in [-0.2, -0.15) is 5.10 Å². The molecule has 0 aliphatic carbocycles. The molecule has 0 spiro atoms. The predicted octanol–water partition coefficient (Wildman–Crippen LogP) is 3.74. The van der Waals surface area contributed by atoms with Gasteiger partial charge >= 0.3 is 0 Å². The number of hydrogen-bond donors (Lipinski definition) is 1. The molecule has 4 rings (SSSR count). The number of carbonyl (C=O) groups is 1. The summed E-state index contributed by atoms with van der Waals surface area (Å²) in [5, 5.41) is 9.42. The molecule has 0 saturated carbocycles. The van der Waals surface area contributed by atoms with E-state index in [4.69, 9.17) is 0 Å². The first-order chi connectivity index (χ1) is 13.9. The Labute approximate surface area is 168 Å². The van der Waals surface area contributed by atoms with Gasteiger partial charge in [-0.25, -0.2) is 13.1 Å². The van der Waals surface area contributed by atoms with E-state index in [2.05, 4.69) is 28.6 Å². The largest absolute Gasteiger partial charge is 0.307 e. The van der Waals surface area contributed by atoms with Crippen LogP contribution in [0.5, 0.6) is 0 Å². The Morgan fingerprint density at radius 3 is 2.59 bits per heavy atom. The number of nitrogens with one attached hydrogen (secondary N) is 1. The zero-order valence-corrected chi connectivity index (χ0v) is 16.6. The number of amides is 1. The molecule has 0 aliphatic heterocycles. The standard InChI is InChI=1S/C22H19N3O3S/c1-29(27,28)19-10-5-8-17(14-19)22(26)24-21-12-13-23-25(21)15-18-9-4-7-16-6-2-3-11-20(16)18/h2-14H,15H2,1H3,(H,24,26). The van der Waals surface area contributed by atoms with Crippen molar-refractivity contribution in [3.8, 4) is 0 Å². The average molecular weight is 405 g/mol. The monoisotopic (exact) mass is 405 g/mol. The molecule has 1 amide bonds. The Hall–Kier alpha value is -3.45. The minimum atomic E-state index is -3.39. The highest BCUT2D eigenvalue weighted by Gasteiger charge is 2.14. The molecular weight excluding hydrogens is 386 g/mol. The summed E-state index contributed by atoms with van der Waals surface area (Å²) in [6, 6.07) is 21.9. The number of fused-ring (bicyclic) bond motifs is 1. The maximum absolute atomic E-state index is 12.7. The second-order valence-corrected chi connectivity index (χ2v) is 8.78. The fourth-order valence-corrected chi connectivity index (χ4v) is 3.88. The van der Waals surface area contributed by atoms with E-state index >= 15 is 0 Å². The van der Waals surface area contributed by atoms with Gasteiger partial charge in [0.05, 0.1) is 17.6 Å². The summed E-state index contributed by atoms with van der Waals surface area (Å²) in [7, 11) is -3.39. The highest BCUT2D eigenvalue weighted by molar-refractivity contribution is 7.90. The second kappa shape index (κ2) is 7.52. The Morgan fingerprint density at radius 2 is 1.76 bits per heavy atom. The molecule has 0 aliphatic rings. The van der Waals surface area contributed by atoms with Crippen LogP contribution in [0, 0.1) is 0 Å². The van der Waals surface area contributed by atoms with E-state index in [0.29, 0.717) is 12.4 Å². The van der Waals surface area contributed by atoms with Gasteiger partial charge in [0, 0.05) is 17.9 Å². The summed E-state index contributed by atoms with van der Waals surface area (Å²) < 4.78 is 25.2. The summed E-state index contributed by atoms with van der Waals surface area (Å²) in [5.41, 5.74) is 1.35. The molecule has 4 aromatic rings. The van der Waals surface area contributed by atoms with Crippen molar-refractivity contribution in [2.75, 3.05) is 11.6 Å². The van der Waals surface area contributed by atoms with E-state index in [1.807, 2.05) is 24.3 Å². The smallest absolute Gasteiger partial charge is 0.256 e. The van der Waals surface area contributed by atoms with Crippen LogP contribution < -0.4 is 5.32 Å². The first kappa shape index (κ1) is 18.9. The number of rotatable bonds is 5. The van der Waals surface area contributed by atoms with E-state index in [1.165, 1.54) is 12.1 Å². The van der Waals surface area contributed by atoms with Crippen molar-refractivity contribution in [3.63, 3.8) is 0 Å². The van der Waals surface area contributed by atoms with Crippen molar-refractivity contribution in [3.05, 3.63) is 90.1 Å². The molecule has 1 aromatic heterocycles. The highest BCUT2D eigenvalue weighted by atomic mass is 32.2. The Balaban J connectivity index is 1.59. The van der Waals surface area contributed by atoms with E-state index in [0.717, 1.165) is 22.6 Å². The maximum atomic E-state index is 12.7. The van der Waals surface area contributed by atoms with Crippen LogP contribution in [0.25, 0.3) is 10.8 Å². The van der Waals surface area contributed by atoms with Crippen LogP contribution >= 0.6 is 0 Å². The van der Waals surface area contributed by atoms with Crippen LogP contribution in [0.4, 0.5) is 5.82 Å². The Morgan fingerprint density at radius 1 is 1.00 bits per heavy atom.